The third-order valence-electron chi connectivity index (χ3n) is 4.06. The van der Waals surface area contributed by atoms with Crippen LogP contribution in [0.25, 0.3) is 11.4 Å². The van der Waals surface area contributed by atoms with Gasteiger partial charge in [-0.15, -0.1) is 10.2 Å². The van der Waals surface area contributed by atoms with Gasteiger partial charge in [0.2, 0.25) is 5.91 Å². The van der Waals surface area contributed by atoms with Gasteiger partial charge in [-0.05, 0) is 30.7 Å². The predicted octanol–water partition coefficient (Wildman–Crippen LogP) is 4.39. The Labute approximate surface area is 176 Å². The molecule has 8 heteroatoms. The third-order valence-corrected chi connectivity index (χ3v) is 5.52. The highest BCUT2D eigenvalue weighted by atomic mass is 79.9. The van der Waals surface area contributed by atoms with Crippen LogP contribution in [0.5, 0.6) is 0 Å². The largest absolute Gasteiger partial charge is 0.383 e. The molecule has 3 aromatic rings. The molecule has 0 saturated carbocycles. The summed E-state index contributed by atoms with van der Waals surface area (Å²) >= 11 is 4.79. The Bertz CT molecular complexity index is 947. The molecule has 1 amide bonds. The van der Waals surface area contributed by atoms with E-state index in [0.717, 1.165) is 27.1 Å². The molecule has 2 aromatic carbocycles. The molecule has 6 nitrogen and oxygen atoms in total. The van der Waals surface area contributed by atoms with Crippen molar-refractivity contribution in [1.29, 1.82) is 0 Å². The molecule has 146 valence electrons. The molecule has 1 aromatic heterocycles. The number of carbonyl (C=O) groups excluding carboxylic acids is 1. The number of thioether (sulfide) groups is 1. The number of methoxy groups -OCH3 is 1. The van der Waals surface area contributed by atoms with E-state index in [9.17, 15) is 4.79 Å². The predicted molar refractivity (Wildman–Crippen MR) is 116 cm³/mol. The van der Waals surface area contributed by atoms with E-state index in [1.807, 2.05) is 60.0 Å². The Hall–Kier alpha value is -2.16. The number of benzene rings is 2. The lowest BCUT2D eigenvalue weighted by atomic mass is 10.2. The molecule has 0 saturated heterocycles. The van der Waals surface area contributed by atoms with Crippen LogP contribution in [0.4, 0.5) is 5.69 Å². The van der Waals surface area contributed by atoms with E-state index >= 15 is 0 Å². The fourth-order valence-corrected chi connectivity index (χ4v) is 3.90. The summed E-state index contributed by atoms with van der Waals surface area (Å²) in [6, 6.07) is 15.6. The minimum atomic E-state index is -0.0852. The van der Waals surface area contributed by atoms with Gasteiger partial charge in [0.1, 0.15) is 0 Å². The summed E-state index contributed by atoms with van der Waals surface area (Å²) in [5.41, 5.74) is 2.79. The quantitative estimate of drug-likeness (QED) is 0.504. The molecule has 0 unspecified atom stereocenters. The van der Waals surface area contributed by atoms with Crippen molar-refractivity contribution in [2.45, 2.75) is 18.6 Å². The van der Waals surface area contributed by atoms with Crippen molar-refractivity contribution in [2.24, 2.45) is 0 Å². The molecule has 3 rings (SSSR count). The van der Waals surface area contributed by atoms with Crippen LogP contribution in [-0.4, -0.2) is 40.1 Å². The lowest BCUT2D eigenvalue weighted by molar-refractivity contribution is -0.113. The molecule has 0 aliphatic rings. The SMILES string of the molecule is COCCn1c(SCC(=O)Nc2ccc(Br)cc2C)nnc1-c1ccccc1. The number of hydrogen-bond acceptors (Lipinski definition) is 5. The van der Waals surface area contributed by atoms with Crippen LogP contribution in [0.2, 0.25) is 0 Å². The van der Waals surface area contributed by atoms with Crippen molar-refractivity contribution in [3.05, 3.63) is 58.6 Å². The zero-order valence-corrected chi connectivity index (χ0v) is 18.1. The van der Waals surface area contributed by atoms with Gasteiger partial charge in [-0.25, -0.2) is 0 Å². The van der Waals surface area contributed by atoms with Gasteiger partial charge >= 0.3 is 0 Å². The highest BCUT2D eigenvalue weighted by molar-refractivity contribution is 9.10. The maximum absolute atomic E-state index is 12.4. The van der Waals surface area contributed by atoms with Crippen molar-refractivity contribution >= 4 is 39.3 Å². The lowest BCUT2D eigenvalue weighted by Gasteiger charge is -2.11. The number of nitrogens with one attached hydrogen (secondary N) is 1. The van der Waals surface area contributed by atoms with Gasteiger partial charge in [0, 0.05) is 22.8 Å². The van der Waals surface area contributed by atoms with Crippen LogP contribution in [-0.2, 0) is 16.1 Å². The second-order valence-electron chi connectivity index (χ2n) is 6.11. The molecule has 0 aliphatic heterocycles. The molecule has 0 aliphatic carbocycles. The van der Waals surface area contributed by atoms with Crippen LogP contribution in [0, 0.1) is 6.92 Å². The van der Waals surface area contributed by atoms with Gasteiger partial charge in [-0.3, -0.25) is 9.36 Å². The van der Waals surface area contributed by atoms with Crippen LogP contribution < -0.4 is 5.32 Å². The number of anilines is 1. The van der Waals surface area contributed by atoms with E-state index in [0.29, 0.717) is 18.3 Å². The minimum absolute atomic E-state index is 0.0852. The first-order valence-corrected chi connectivity index (χ1v) is 10.5. The fourth-order valence-electron chi connectivity index (χ4n) is 2.66. The van der Waals surface area contributed by atoms with Gasteiger partial charge in [0.25, 0.3) is 0 Å². The summed E-state index contributed by atoms with van der Waals surface area (Å²) < 4.78 is 8.19. The molecule has 0 bridgehead atoms. The van der Waals surface area contributed by atoms with Crippen LogP contribution in [0.1, 0.15) is 5.56 Å². The zero-order chi connectivity index (χ0) is 19.9. The summed E-state index contributed by atoms with van der Waals surface area (Å²) in [5, 5.41) is 12.3. The highest BCUT2D eigenvalue weighted by Gasteiger charge is 2.16. The number of halogens is 1. The zero-order valence-electron chi connectivity index (χ0n) is 15.7. The Morgan fingerprint density at radius 1 is 1.21 bits per heavy atom. The summed E-state index contributed by atoms with van der Waals surface area (Å²) in [6.45, 7) is 3.11. The molecular formula is C20H21BrN4O2S. The topological polar surface area (TPSA) is 69.0 Å². The van der Waals surface area contributed by atoms with Gasteiger partial charge in [0.15, 0.2) is 11.0 Å². The van der Waals surface area contributed by atoms with E-state index in [4.69, 9.17) is 4.74 Å². The Morgan fingerprint density at radius 3 is 2.71 bits per heavy atom. The first-order chi connectivity index (χ1) is 13.6. The number of hydrogen-bond donors (Lipinski definition) is 1. The summed E-state index contributed by atoms with van der Waals surface area (Å²) in [5.74, 6) is 0.928. The number of rotatable bonds is 8. The average molecular weight is 461 g/mol. The van der Waals surface area contributed by atoms with Crippen molar-refractivity contribution in [1.82, 2.24) is 14.8 Å². The van der Waals surface area contributed by atoms with E-state index < -0.39 is 0 Å². The number of aryl methyl sites for hydroxylation is 1. The monoisotopic (exact) mass is 460 g/mol. The van der Waals surface area contributed by atoms with Gasteiger partial charge in [-0.2, -0.15) is 0 Å². The maximum atomic E-state index is 12.4. The molecule has 0 spiro atoms. The Kier molecular flexibility index (Phi) is 7.24. The molecule has 1 N–H and O–H groups in total. The van der Waals surface area contributed by atoms with Gasteiger partial charge < -0.3 is 10.1 Å². The van der Waals surface area contributed by atoms with E-state index in [2.05, 4.69) is 31.4 Å². The smallest absolute Gasteiger partial charge is 0.234 e. The number of amides is 1. The van der Waals surface area contributed by atoms with Crippen LogP contribution in [0.15, 0.2) is 58.2 Å². The first kappa shape index (κ1) is 20.6. The average Bonchev–Trinajstić information content (AvgIpc) is 3.10. The Morgan fingerprint density at radius 2 is 2.00 bits per heavy atom. The normalized spacial score (nSPS) is 10.8. The number of nitrogens with zero attached hydrogens (tertiary/aromatic N) is 3. The van der Waals surface area contributed by atoms with Crippen molar-refractivity contribution in [3.8, 4) is 11.4 Å². The highest BCUT2D eigenvalue weighted by Crippen LogP contribution is 2.25. The second kappa shape index (κ2) is 9.86. The number of ether oxygens (including phenoxy) is 1. The lowest BCUT2D eigenvalue weighted by Crippen LogP contribution is -2.15. The number of carbonyl (C=O) groups is 1. The van der Waals surface area contributed by atoms with E-state index in [-0.39, 0.29) is 11.7 Å². The molecule has 28 heavy (non-hydrogen) atoms. The standard InChI is InChI=1S/C20H21BrN4O2S/c1-14-12-16(21)8-9-17(14)22-18(26)13-28-20-24-23-19(25(20)10-11-27-2)15-6-4-3-5-7-15/h3-9,12H,10-11,13H2,1-2H3,(H,22,26). The van der Waals surface area contributed by atoms with Crippen molar-refractivity contribution in [2.75, 3.05) is 24.8 Å². The minimum Gasteiger partial charge on any atom is -0.383 e. The van der Waals surface area contributed by atoms with E-state index in [1.54, 1.807) is 7.11 Å². The fraction of sp³-hybridized carbons (Fsp3) is 0.250. The summed E-state index contributed by atoms with van der Waals surface area (Å²) in [7, 11) is 1.66. The summed E-state index contributed by atoms with van der Waals surface area (Å²) in [6.07, 6.45) is 0. The van der Waals surface area contributed by atoms with Crippen molar-refractivity contribution < 1.29 is 9.53 Å². The van der Waals surface area contributed by atoms with Crippen molar-refractivity contribution in [3.63, 3.8) is 0 Å². The summed E-state index contributed by atoms with van der Waals surface area (Å²) in [4.78, 5) is 12.4. The third kappa shape index (κ3) is 5.21. The first-order valence-electron chi connectivity index (χ1n) is 8.75. The molecular weight excluding hydrogens is 440 g/mol. The van der Waals surface area contributed by atoms with Gasteiger partial charge in [-0.1, -0.05) is 58.0 Å². The second-order valence-corrected chi connectivity index (χ2v) is 7.97. The molecule has 1 heterocycles. The maximum Gasteiger partial charge on any atom is 0.234 e. The Balaban J connectivity index is 1.71. The molecule has 0 atom stereocenters. The molecule has 0 fully saturated rings. The van der Waals surface area contributed by atoms with Crippen LogP contribution >= 0.6 is 27.7 Å². The van der Waals surface area contributed by atoms with Gasteiger partial charge in [0.05, 0.1) is 18.9 Å². The van der Waals surface area contributed by atoms with Crippen LogP contribution in [0.3, 0.4) is 0 Å². The molecule has 0 radical (unpaired) electrons. The number of aromatic nitrogens is 3. The van der Waals surface area contributed by atoms with E-state index in [1.165, 1.54) is 11.8 Å².